The molecule has 0 fully saturated rings. The van der Waals surface area contributed by atoms with Gasteiger partial charge in [-0.25, -0.2) is 0 Å². The second-order valence-electron chi connectivity index (χ2n) is 13.6. The fourth-order valence-electron chi connectivity index (χ4n) is 6.72. The van der Waals surface area contributed by atoms with Crippen molar-refractivity contribution in [1.29, 1.82) is 0 Å². The monoisotopic (exact) mass is 575 g/mol. The maximum absolute atomic E-state index is 2.71. The van der Waals surface area contributed by atoms with Gasteiger partial charge in [-0.3, -0.25) is 0 Å². The Labute approximate surface area is 260 Å². The molecule has 1 aliphatic rings. The number of unbranched alkanes of at least 4 members (excludes halogenated alkanes) is 27. The van der Waals surface area contributed by atoms with E-state index in [1.54, 1.807) is 0 Å². The second-order valence-corrected chi connectivity index (χ2v) is 13.6. The quantitative estimate of drug-likeness (QED) is 0.0719. The molecule has 1 aliphatic heterocycles. The molecule has 0 bridgehead atoms. The molecule has 1 heterocycles. The summed E-state index contributed by atoms with van der Waals surface area (Å²) in [4.78, 5) is 5.41. The molecule has 0 aromatic heterocycles. The molecule has 244 valence electrons. The van der Waals surface area contributed by atoms with Crippen LogP contribution in [0.15, 0.2) is 12.4 Å². The van der Waals surface area contributed by atoms with Gasteiger partial charge in [-0.2, -0.15) is 0 Å². The zero-order chi connectivity index (χ0) is 29.5. The summed E-state index contributed by atoms with van der Waals surface area (Å²) < 4.78 is 0. The van der Waals surface area contributed by atoms with E-state index in [-0.39, 0.29) is 0 Å². The first kappa shape index (κ1) is 38.4. The van der Waals surface area contributed by atoms with Crippen LogP contribution in [0.25, 0.3) is 0 Å². The van der Waals surface area contributed by atoms with E-state index in [9.17, 15) is 0 Å². The Morgan fingerprint density at radius 2 is 0.561 bits per heavy atom. The zero-order valence-electron chi connectivity index (χ0n) is 29.0. The molecule has 0 amide bonds. The fraction of sp³-hybridized carbons (Fsp3) is 0.949. The molecule has 0 saturated carbocycles. The first-order valence-electron chi connectivity index (χ1n) is 19.5. The van der Waals surface area contributed by atoms with Crippen LogP contribution in [-0.2, 0) is 0 Å². The Morgan fingerprint density at radius 3 is 0.854 bits per heavy atom. The van der Waals surface area contributed by atoms with E-state index in [1.807, 2.05) is 0 Å². The van der Waals surface area contributed by atoms with Crippen LogP contribution in [0.3, 0.4) is 0 Å². The maximum atomic E-state index is 2.71. The van der Waals surface area contributed by atoms with Crippen LogP contribution in [-0.4, -0.2) is 29.1 Å². The van der Waals surface area contributed by atoms with E-state index < -0.39 is 0 Å². The SMILES string of the molecule is CCCCCCCCCCCCCCCCCCC1N(CCCCCCCCC)C=CN1CCCCCCCCC. The molecule has 0 saturated heterocycles. The summed E-state index contributed by atoms with van der Waals surface area (Å²) in [5, 5.41) is 0. The van der Waals surface area contributed by atoms with Gasteiger partial charge >= 0.3 is 0 Å². The maximum Gasteiger partial charge on any atom is 0.101 e. The molecular formula is C39H78N2. The normalized spacial score (nSPS) is 13.7. The molecule has 1 rings (SSSR count). The summed E-state index contributed by atoms with van der Waals surface area (Å²) >= 11 is 0. The van der Waals surface area contributed by atoms with Gasteiger partial charge in [-0.1, -0.05) is 194 Å². The average Bonchev–Trinajstić information content (AvgIpc) is 3.37. The first-order chi connectivity index (χ1) is 20.3. The molecule has 0 atom stereocenters. The van der Waals surface area contributed by atoms with Crippen molar-refractivity contribution in [2.24, 2.45) is 0 Å². The van der Waals surface area contributed by atoms with Crippen molar-refractivity contribution in [2.75, 3.05) is 13.1 Å². The largest absolute Gasteiger partial charge is 0.356 e. The number of rotatable bonds is 33. The topological polar surface area (TPSA) is 6.48 Å². The second kappa shape index (κ2) is 30.8. The van der Waals surface area contributed by atoms with Gasteiger partial charge in [0.05, 0.1) is 0 Å². The Morgan fingerprint density at radius 1 is 0.317 bits per heavy atom. The minimum atomic E-state index is 0.641. The van der Waals surface area contributed by atoms with Crippen LogP contribution in [0.5, 0.6) is 0 Å². The van der Waals surface area contributed by atoms with Gasteiger partial charge in [0, 0.05) is 25.5 Å². The minimum Gasteiger partial charge on any atom is -0.356 e. The van der Waals surface area contributed by atoms with E-state index in [0.29, 0.717) is 6.17 Å². The molecule has 2 heteroatoms. The Balaban J connectivity index is 2.15. The lowest BCUT2D eigenvalue weighted by Gasteiger charge is -2.33. The lowest BCUT2D eigenvalue weighted by molar-refractivity contribution is 0.135. The summed E-state index contributed by atoms with van der Waals surface area (Å²) in [5.41, 5.74) is 0. The molecule has 0 unspecified atom stereocenters. The van der Waals surface area contributed by atoms with Gasteiger partial charge < -0.3 is 9.80 Å². The van der Waals surface area contributed by atoms with Crippen molar-refractivity contribution in [3.8, 4) is 0 Å². The fourth-order valence-corrected chi connectivity index (χ4v) is 6.72. The van der Waals surface area contributed by atoms with Crippen molar-refractivity contribution in [2.45, 2.75) is 226 Å². The van der Waals surface area contributed by atoms with Crippen LogP contribution in [0, 0.1) is 0 Å². The number of nitrogens with zero attached hydrogens (tertiary/aromatic N) is 2. The number of hydrogen-bond acceptors (Lipinski definition) is 2. The third-order valence-corrected chi connectivity index (χ3v) is 9.57. The molecule has 0 aromatic rings. The lowest BCUT2D eigenvalue weighted by Crippen LogP contribution is -2.39. The third-order valence-electron chi connectivity index (χ3n) is 9.57. The van der Waals surface area contributed by atoms with Crippen molar-refractivity contribution in [3.63, 3.8) is 0 Å². The first-order valence-corrected chi connectivity index (χ1v) is 19.5. The predicted molar refractivity (Wildman–Crippen MR) is 186 cm³/mol. The Hall–Kier alpha value is -0.660. The average molecular weight is 575 g/mol. The van der Waals surface area contributed by atoms with Gasteiger partial charge in [0.25, 0.3) is 0 Å². The van der Waals surface area contributed by atoms with Gasteiger partial charge in [0.15, 0.2) is 0 Å². The Bertz CT molecular complexity index is 502. The standard InChI is InChI=1S/C39H78N2/c1-4-7-10-13-16-17-18-19-20-21-22-23-24-25-28-31-34-39-40(35-32-29-26-14-11-8-5-2)37-38-41(39)36-33-30-27-15-12-9-6-3/h37-39H,4-36H2,1-3H3. The molecular weight excluding hydrogens is 496 g/mol. The highest BCUT2D eigenvalue weighted by Gasteiger charge is 2.24. The molecule has 0 spiro atoms. The van der Waals surface area contributed by atoms with Crippen molar-refractivity contribution in [3.05, 3.63) is 12.4 Å². The third kappa shape index (κ3) is 23.5. The summed E-state index contributed by atoms with van der Waals surface area (Å²) in [6.45, 7) is 9.48. The van der Waals surface area contributed by atoms with Crippen molar-refractivity contribution in [1.82, 2.24) is 9.80 Å². The van der Waals surface area contributed by atoms with E-state index in [2.05, 4.69) is 43.0 Å². The predicted octanol–water partition coefficient (Wildman–Crippen LogP) is 13.6. The smallest absolute Gasteiger partial charge is 0.101 e. The van der Waals surface area contributed by atoms with E-state index in [1.165, 1.54) is 212 Å². The van der Waals surface area contributed by atoms with E-state index in [0.717, 1.165) is 0 Å². The summed E-state index contributed by atoms with van der Waals surface area (Å²) in [6, 6.07) is 0. The molecule has 2 nitrogen and oxygen atoms in total. The highest BCUT2D eigenvalue weighted by atomic mass is 15.4. The highest BCUT2D eigenvalue weighted by molar-refractivity contribution is 4.97. The summed E-state index contributed by atoms with van der Waals surface area (Å²) in [7, 11) is 0. The van der Waals surface area contributed by atoms with Gasteiger partial charge in [-0.05, 0) is 25.7 Å². The summed E-state index contributed by atoms with van der Waals surface area (Å²) in [5.74, 6) is 0. The van der Waals surface area contributed by atoms with E-state index >= 15 is 0 Å². The minimum absolute atomic E-state index is 0.641. The highest BCUT2D eigenvalue weighted by Crippen LogP contribution is 2.24. The molecule has 41 heavy (non-hydrogen) atoms. The molecule has 0 aromatic carbocycles. The van der Waals surface area contributed by atoms with Gasteiger partial charge in [0.2, 0.25) is 0 Å². The van der Waals surface area contributed by atoms with Crippen LogP contribution in [0.1, 0.15) is 220 Å². The van der Waals surface area contributed by atoms with Crippen LogP contribution >= 0.6 is 0 Å². The van der Waals surface area contributed by atoms with E-state index in [4.69, 9.17) is 0 Å². The molecule has 0 N–H and O–H groups in total. The molecule has 0 aliphatic carbocycles. The lowest BCUT2D eigenvalue weighted by atomic mass is 10.0. The zero-order valence-corrected chi connectivity index (χ0v) is 29.0. The van der Waals surface area contributed by atoms with Crippen molar-refractivity contribution >= 4 is 0 Å². The van der Waals surface area contributed by atoms with Crippen LogP contribution < -0.4 is 0 Å². The Kier molecular flexibility index (Phi) is 28.8. The van der Waals surface area contributed by atoms with Crippen LogP contribution in [0.4, 0.5) is 0 Å². The van der Waals surface area contributed by atoms with Gasteiger partial charge in [0.1, 0.15) is 6.17 Å². The molecule has 0 radical (unpaired) electrons. The van der Waals surface area contributed by atoms with Crippen molar-refractivity contribution < 1.29 is 0 Å². The number of hydrogen-bond donors (Lipinski definition) is 0. The van der Waals surface area contributed by atoms with Crippen LogP contribution in [0.2, 0.25) is 0 Å². The summed E-state index contributed by atoms with van der Waals surface area (Å²) in [6.07, 6.45) is 49.9. The van der Waals surface area contributed by atoms with Gasteiger partial charge in [-0.15, -0.1) is 0 Å².